The highest BCUT2D eigenvalue weighted by atomic mass is 16.5. The number of anilines is 1. The zero-order valence-corrected chi connectivity index (χ0v) is 19.8. The van der Waals surface area contributed by atoms with E-state index in [0.29, 0.717) is 24.7 Å². The number of hydrogen-bond donors (Lipinski definition) is 1. The van der Waals surface area contributed by atoms with Crippen LogP contribution >= 0.6 is 0 Å². The molecule has 1 fully saturated rings. The van der Waals surface area contributed by atoms with Crippen LogP contribution in [0.25, 0.3) is 22.2 Å². The first-order valence-corrected chi connectivity index (χ1v) is 11.6. The molecule has 0 bridgehead atoms. The van der Waals surface area contributed by atoms with Gasteiger partial charge in [0.15, 0.2) is 11.3 Å². The van der Waals surface area contributed by atoms with Crippen molar-refractivity contribution in [3.63, 3.8) is 0 Å². The van der Waals surface area contributed by atoms with Crippen LogP contribution in [0.15, 0.2) is 18.5 Å². The van der Waals surface area contributed by atoms with Gasteiger partial charge in [0.2, 0.25) is 5.95 Å². The fraction of sp³-hybridized carbons (Fsp3) is 0.542. The summed E-state index contributed by atoms with van der Waals surface area (Å²) in [6.07, 6.45) is 9.10. The van der Waals surface area contributed by atoms with Crippen molar-refractivity contribution in [2.75, 3.05) is 32.2 Å². The number of rotatable bonds is 8. The molecule has 0 unspecified atom stereocenters. The van der Waals surface area contributed by atoms with Crippen molar-refractivity contribution in [3.05, 3.63) is 29.8 Å². The van der Waals surface area contributed by atoms with Crippen LogP contribution in [0.3, 0.4) is 0 Å². The van der Waals surface area contributed by atoms with Crippen LogP contribution in [-0.2, 0) is 4.74 Å². The molecule has 0 radical (unpaired) electrons. The van der Waals surface area contributed by atoms with Crippen molar-refractivity contribution in [2.45, 2.75) is 57.9 Å². The summed E-state index contributed by atoms with van der Waals surface area (Å²) in [7, 11) is 3.57. The first-order valence-electron chi connectivity index (χ1n) is 11.6. The Morgan fingerprint density at radius 3 is 2.55 bits per heavy atom. The number of carboxylic acids is 1. The molecule has 3 aromatic heterocycles. The van der Waals surface area contributed by atoms with Gasteiger partial charge in [0.25, 0.3) is 0 Å². The highest BCUT2D eigenvalue weighted by molar-refractivity contribution is 5.99. The molecule has 1 aliphatic carbocycles. The van der Waals surface area contributed by atoms with Crippen LogP contribution in [0.4, 0.5) is 5.95 Å². The van der Waals surface area contributed by atoms with Gasteiger partial charge in [-0.05, 0) is 24.8 Å². The van der Waals surface area contributed by atoms with Crippen LogP contribution in [0.1, 0.15) is 74.1 Å². The third-order valence-corrected chi connectivity index (χ3v) is 6.30. The quantitative estimate of drug-likeness (QED) is 0.539. The number of fused-ring (bicyclic) bond motifs is 1. The van der Waals surface area contributed by atoms with E-state index in [9.17, 15) is 9.90 Å². The van der Waals surface area contributed by atoms with Crippen molar-refractivity contribution in [2.24, 2.45) is 0 Å². The number of hydrogen-bond acceptors (Lipinski definition) is 7. The minimum Gasteiger partial charge on any atom is -0.477 e. The Morgan fingerprint density at radius 1 is 1.24 bits per heavy atom. The molecule has 0 amide bonds. The molecule has 9 nitrogen and oxygen atoms in total. The molecule has 0 aliphatic heterocycles. The zero-order valence-electron chi connectivity index (χ0n) is 19.8. The molecule has 3 aromatic rings. The lowest BCUT2D eigenvalue weighted by Gasteiger charge is -2.22. The van der Waals surface area contributed by atoms with E-state index in [0.717, 1.165) is 47.9 Å². The summed E-state index contributed by atoms with van der Waals surface area (Å²) in [5.41, 5.74) is 3.08. The predicted octanol–water partition coefficient (Wildman–Crippen LogP) is 4.30. The summed E-state index contributed by atoms with van der Waals surface area (Å²) >= 11 is 0. The number of carbonyl (C=O) groups is 1. The molecule has 33 heavy (non-hydrogen) atoms. The molecule has 0 saturated heterocycles. The Bertz CT molecular complexity index is 1120. The van der Waals surface area contributed by atoms with Gasteiger partial charge in [-0.25, -0.2) is 24.4 Å². The summed E-state index contributed by atoms with van der Waals surface area (Å²) in [6, 6.07) is 1.86. The molecule has 176 valence electrons. The summed E-state index contributed by atoms with van der Waals surface area (Å²) in [5.74, 6) is -0.312. The molecule has 1 N–H and O–H groups in total. The van der Waals surface area contributed by atoms with Crippen molar-refractivity contribution >= 4 is 23.0 Å². The Hall–Kier alpha value is -3.07. The Balaban J connectivity index is 1.86. The Labute approximate surface area is 193 Å². The number of methoxy groups -OCH3 is 1. The van der Waals surface area contributed by atoms with Crippen molar-refractivity contribution in [3.8, 4) is 11.1 Å². The summed E-state index contributed by atoms with van der Waals surface area (Å²) in [6.45, 7) is 5.45. The molecule has 4 rings (SSSR count). The topological polar surface area (TPSA) is 106 Å². The van der Waals surface area contributed by atoms with Crippen LogP contribution in [-0.4, -0.2) is 63.1 Å². The van der Waals surface area contributed by atoms with Gasteiger partial charge in [-0.2, -0.15) is 5.10 Å². The molecule has 9 heteroatoms. The highest BCUT2D eigenvalue weighted by Gasteiger charge is 2.26. The molecular formula is C24H32N6O3. The van der Waals surface area contributed by atoms with E-state index in [2.05, 4.69) is 28.8 Å². The number of pyridine rings is 1. The van der Waals surface area contributed by atoms with Crippen LogP contribution in [0, 0.1) is 0 Å². The Kier molecular flexibility index (Phi) is 6.88. The van der Waals surface area contributed by atoms with Gasteiger partial charge in [-0.1, -0.05) is 33.1 Å². The first kappa shape index (κ1) is 23.1. The van der Waals surface area contributed by atoms with E-state index in [1.807, 2.05) is 16.6 Å². The standard InChI is InChI=1S/C24H32N6O3/c1-15(2)21-20-18(16-13-25-24(26-14-16)29(3)10-11-33-4)12-19(23(31)32)27-22(20)30(28-21)17-8-6-5-7-9-17/h12-15,17H,5-11H2,1-4H3,(H,31,32). The smallest absolute Gasteiger partial charge is 0.354 e. The molecule has 1 saturated carbocycles. The number of likely N-dealkylation sites (N-methyl/N-ethyl adjacent to an activating group) is 1. The van der Waals surface area contributed by atoms with E-state index < -0.39 is 5.97 Å². The van der Waals surface area contributed by atoms with Gasteiger partial charge in [0.1, 0.15) is 0 Å². The maximum Gasteiger partial charge on any atom is 0.354 e. The van der Waals surface area contributed by atoms with Crippen molar-refractivity contribution < 1.29 is 14.6 Å². The zero-order chi connectivity index (χ0) is 23.5. The average Bonchev–Trinajstić information content (AvgIpc) is 3.22. The van der Waals surface area contributed by atoms with Gasteiger partial charge in [-0.15, -0.1) is 0 Å². The normalized spacial score (nSPS) is 14.8. The summed E-state index contributed by atoms with van der Waals surface area (Å²) in [4.78, 5) is 27.5. The fourth-order valence-electron chi connectivity index (χ4n) is 4.47. The second-order valence-corrected chi connectivity index (χ2v) is 9.02. The van der Waals surface area contributed by atoms with Gasteiger partial charge >= 0.3 is 5.97 Å². The monoisotopic (exact) mass is 452 g/mol. The Morgan fingerprint density at radius 2 is 1.94 bits per heavy atom. The van der Waals surface area contributed by atoms with E-state index in [1.165, 1.54) is 6.42 Å². The van der Waals surface area contributed by atoms with Gasteiger partial charge < -0.3 is 14.7 Å². The SMILES string of the molecule is COCCN(C)c1ncc(-c2cc(C(=O)O)nc3c2c(C(C)C)nn3C2CCCCC2)cn1. The highest BCUT2D eigenvalue weighted by Crippen LogP contribution is 2.37. The predicted molar refractivity (Wildman–Crippen MR) is 127 cm³/mol. The fourth-order valence-corrected chi connectivity index (χ4v) is 4.47. The summed E-state index contributed by atoms with van der Waals surface area (Å²) in [5, 5.41) is 15.7. The number of aromatic nitrogens is 5. The largest absolute Gasteiger partial charge is 0.477 e. The maximum atomic E-state index is 12.0. The average molecular weight is 453 g/mol. The second kappa shape index (κ2) is 9.82. The number of ether oxygens (including phenoxy) is 1. The van der Waals surface area contributed by atoms with Crippen molar-refractivity contribution in [1.29, 1.82) is 0 Å². The van der Waals surface area contributed by atoms with Crippen LogP contribution < -0.4 is 4.90 Å². The lowest BCUT2D eigenvalue weighted by molar-refractivity contribution is 0.0691. The molecule has 1 aliphatic rings. The van der Waals surface area contributed by atoms with E-state index in [4.69, 9.17) is 9.84 Å². The van der Waals surface area contributed by atoms with Gasteiger partial charge in [0, 0.05) is 44.2 Å². The second-order valence-electron chi connectivity index (χ2n) is 9.02. The maximum absolute atomic E-state index is 12.0. The molecular weight excluding hydrogens is 420 g/mol. The van der Waals surface area contributed by atoms with Gasteiger partial charge in [-0.3, -0.25) is 0 Å². The van der Waals surface area contributed by atoms with Crippen molar-refractivity contribution in [1.82, 2.24) is 24.7 Å². The number of carboxylic acid groups (broad SMARTS) is 1. The van der Waals surface area contributed by atoms with E-state index in [1.54, 1.807) is 25.6 Å². The molecule has 3 heterocycles. The number of nitrogens with zero attached hydrogens (tertiary/aromatic N) is 6. The lowest BCUT2D eigenvalue weighted by atomic mass is 9.95. The van der Waals surface area contributed by atoms with E-state index >= 15 is 0 Å². The van der Waals surface area contributed by atoms with Gasteiger partial charge in [0.05, 0.1) is 23.7 Å². The third-order valence-electron chi connectivity index (χ3n) is 6.30. The minimum atomic E-state index is -1.06. The van der Waals surface area contributed by atoms with Crippen LogP contribution in [0.2, 0.25) is 0 Å². The molecule has 0 aromatic carbocycles. The number of aromatic carboxylic acids is 1. The molecule has 0 spiro atoms. The third kappa shape index (κ3) is 4.68. The van der Waals surface area contributed by atoms with Crippen LogP contribution in [0.5, 0.6) is 0 Å². The summed E-state index contributed by atoms with van der Waals surface area (Å²) < 4.78 is 7.11. The van der Waals surface area contributed by atoms with E-state index in [-0.39, 0.29) is 17.7 Å². The first-order chi connectivity index (χ1) is 15.9. The minimum absolute atomic E-state index is 0.00561. The lowest BCUT2D eigenvalue weighted by Crippen LogP contribution is -2.23. The molecule has 0 atom stereocenters.